The number of carbonyl (C=O) groups is 1. The zero-order valence-corrected chi connectivity index (χ0v) is 14.6. The van der Waals surface area contributed by atoms with Gasteiger partial charge in [-0.3, -0.25) is 0 Å². The van der Waals surface area contributed by atoms with Crippen molar-refractivity contribution in [2.75, 3.05) is 12.4 Å². The monoisotopic (exact) mass is 349 g/mol. The second-order valence-electron chi connectivity index (χ2n) is 5.51. The number of halogens is 1. The molecule has 0 aliphatic heterocycles. The number of hydrogen-bond acceptors (Lipinski definition) is 4. The zero-order valence-electron chi connectivity index (χ0n) is 13.8. The van der Waals surface area contributed by atoms with Crippen LogP contribution in [0.25, 0.3) is 0 Å². The Morgan fingerprint density at radius 2 is 1.92 bits per heavy atom. The number of anilines is 1. The third-order valence-corrected chi connectivity index (χ3v) is 3.58. The summed E-state index contributed by atoms with van der Waals surface area (Å²) in [4.78, 5) is 11.1. The molecule has 0 saturated heterocycles. The lowest BCUT2D eigenvalue weighted by atomic mass is 10.1. The number of carboxylic acid groups (broad SMARTS) is 1. The molecule has 0 atom stereocenters. The maximum absolute atomic E-state index is 11.1. The Hall–Kier alpha value is -2.40. The van der Waals surface area contributed by atoms with Crippen LogP contribution in [-0.2, 0) is 6.54 Å². The molecule has 0 aliphatic rings. The highest BCUT2D eigenvalue weighted by Gasteiger charge is 2.10. The van der Waals surface area contributed by atoms with Gasteiger partial charge in [-0.1, -0.05) is 17.7 Å². The number of nitrogens with one attached hydrogen (secondary N) is 1. The molecule has 2 N–H and O–H groups in total. The Bertz CT molecular complexity index is 731. The summed E-state index contributed by atoms with van der Waals surface area (Å²) >= 11 is 6.23. The molecule has 128 valence electrons. The van der Waals surface area contributed by atoms with E-state index >= 15 is 0 Å². The van der Waals surface area contributed by atoms with Gasteiger partial charge in [-0.25, -0.2) is 4.79 Å². The van der Waals surface area contributed by atoms with Gasteiger partial charge < -0.3 is 19.9 Å². The molecule has 0 aliphatic carbocycles. The first-order valence-electron chi connectivity index (χ1n) is 7.51. The third kappa shape index (κ3) is 4.55. The van der Waals surface area contributed by atoms with Crippen LogP contribution in [0.2, 0.25) is 5.02 Å². The summed E-state index contributed by atoms with van der Waals surface area (Å²) < 4.78 is 10.9. The van der Waals surface area contributed by atoms with Gasteiger partial charge >= 0.3 is 5.97 Å². The Morgan fingerprint density at radius 1 is 1.21 bits per heavy atom. The Kier molecular flexibility index (Phi) is 5.93. The maximum atomic E-state index is 11.1. The van der Waals surface area contributed by atoms with Crippen LogP contribution in [0.1, 0.15) is 29.8 Å². The molecular formula is C18H20ClNO4. The lowest BCUT2D eigenvalue weighted by Crippen LogP contribution is -2.07. The van der Waals surface area contributed by atoms with Crippen molar-refractivity contribution in [3.63, 3.8) is 0 Å². The molecule has 2 rings (SSSR count). The van der Waals surface area contributed by atoms with Crippen molar-refractivity contribution in [3.8, 4) is 11.5 Å². The van der Waals surface area contributed by atoms with E-state index in [0.717, 1.165) is 5.56 Å². The van der Waals surface area contributed by atoms with Crippen molar-refractivity contribution in [3.05, 3.63) is 52.5 Å². The number of ether oxygens (including phenoxy) is 2. The largest absolute Gasteiger partial charge is 0.495 e. The summed E-state index contributed by atoms with van der Waals surface area (Å²) in [5.41, 5.74) is 1.74. The highest BCUT2D eigenvalue weighted by Crippen LogP contribution is 2.29. The maximum Gasteiger partial charge on any atom is 0.335 e. The van der Waals surface area contributed by atoms with Crippen LogP contribution in [0.4, 0.5) is 5.69 Å². The standard InChI is InChI=1S/C18H20ClNO4/c1-11(2)24-16-6-4-12(8-14(16)19)10-20-15-9-13(18(21)22)5-7-17(15)23-3/h4-9,11,20H,10H2,1-3H3,(H,21,22). The Morgan fingerprint density at radius 3 is 2.50 bits per heavy atom. The van der Waals surface area contributed by atoms with E-state index in [9.17, 15) is 4.79 Å². The van der Waals surface area contributed by atoms with Gasteiger partial charge in [0.15, 0.2) is 0 Å². The molecule has 6 heteroatoms. The molecule has 2 aromatic carbocycles. The molecule has 0 radical (unpaired) electrons. The van der Waals surface area contributed by atoms with Crippen molar-refractivity contribution in [2.24, 2.45) is 0 Å². The molecule has 5 nitrogen and oxygen atoms in total. The van der Waals surface area contributed by atoms with Crippen molar-refractivity contribution in [1.82, 2.24) is 0 Å². The van der Waals surface area contributed by atoms with Gasteiger partial charge in [0, 0.05) is 6.54 Å². The second kappa shape index (κ2) is 7.93. The number of carboxylic acids is 1. The van der Waals surface area contributed by atoms with E-state index in [4.69, 9.17) is 26.2 Å². The summed E-state index contributed by atoms with van der Waals surface area (Å²) in [5.74, 6) is 0.227. The van der Waals surface area contributed by atoms with Crippen molar-refractivity contribution in [1.29, 1.82) is 0 Å². The first kappa shape index (κ1) is 17.9. The van der Waals surface area contributed by atoms with Crippen LogP contribution in [0.5, 0.6) is 11.5 Å². The molecule has 0 aromatic heterocycles. The van der Waals surface area contributed by atoms with Crippen molar-refractivity contribution in [2.45, 2.75) is 26.5 Å². The Balaban J connectivity index is 2.14. The molecule has 0 fully saturated rings. The molecule has 0 spiro atoms. The third-order valence-electron chi connectivity index (χ3n) is 3.29. The molecular weight excluding hydrogens is 330 g/mol. The molecule has 0 bridgehead atoms. The van der Waals surface area contributed by atoms with Crippen LogP contribution in [0, 0.1) is 0 Å². The van der Waals surface area contributed by atoms with E-state index in [-0.39, 0.29) is 11.7 Å². The number of methoxy groups -OCH3 is 1. The molecule has 2 aromatic rings. The minimum absolute atomic E-state index is 0.0505. The van der Waals surface area contributed by atoms with E-state index in [1.165, 1.54) is 13.2 Å². The molecule has 0 heterocycles. The summed E-state index contributed by atoms with van der Waals surface area (Å²) in [5, 5.41) is 12.8. The predicted molar refractivity (Wildman–Crippen MR) is 94.5 cm³/mol. The highest BCUT2D eigenvalue weighted by molar-refractivity contribution is 6.32. The van der Waals surface area contributed by atoms with E-state index in [2.05, 4.69) is 5.32 Å². The van der Waals surface area contributed by atoms with Crippen LogP contribution in [0.3, 0.4) is 0 Å². The fraction of sp³-hybridized carbons (Fsp3) is 0.278. The second-order valence-corrected chi connectivity index (χ2v) is 5.91. The van der Waals surface area contributed by atoms with E-state index in [0.29, 0.717) is 28.8 Å². The zero-order chi connectivity index (χ0) is 17.7. The fourth-order valence-corrected chi connectivity index (χ4v) is 2.43. The van der Waals surface area contributed by atoms with E-state index in [1.807, 2.05) is 32.0 Å². The van der Waals surface area contributed by atoms with E-state index < -0.39 is 5.97 Å². The number of aromatic carboxylic acids is 1. The summed E-state index contributed by atoms with van der Waals surface area (Å²) in [6.07, 6.45) is 0.0505. The normalized spacial score (nSPS) is 10.5. The van der Waals surface area contributed by atoms with Crippen molar-refractivity contribution < 1.29 is 19.4 Å². The van der Waals surface area contributed by atoms with Gasteiger partial charge in [0.25, 0.3) is 0 Å². The fourth-order valence-electron chi connectivity index (χ4n) is 2.18. The molecule has 0 unspecified atom stereocenters. The van der Waals surface area contributed by atoms with Crippen LogP contribution in [0.15, 0.2) is 36.4 Å². The smallest absolute Gasteiger partial charge is 0.335 e. The predicted octanol–water partition coefficient (Wildman–Crippen LogP) is 4.45. The SMILES string of the molecule is COc1ccc(C(=O)O)cc1NCc1ccc(OC(C)C)c(Cl)c1. The average Bonchev–Trinajstić information content (AvgIpc) is 2.54. The molecule has 0 saturated carbocycles. The lowest BCUT2D eigenvalue weighted by Gasteiger charge is -2.14. The van der Waals surface area contributed by atoms with Crippen molar-refractivity contribution >= 4 is 23.3 Å². The summed E-state index contributed by atoms with van der Waals surface area (Å²) in [6.45, 7) is 4.35. The number of benzene rings is 2. The number of hydrogen-bond donors (Lipinski definition) is 2. The van der Waals surface area contributed by atoms with Gasteiger partial charge in [0.2, 0.25) is 0 Å². The lowest BCUT2D eigenvalue weighted by molar-refractivity contribution is 0.0697. The molecule has 0 amide bonds. The van der Waals surface area contributed by atoms with E-state index in [1.54, 1.807) is 12.1 Å². The van der Waals surface area contributed by atoms with Crippen LogP contribution < -0.4 is 14.8 Å². The highest BCUT2D eigenvalue weighted by atomic mass is 35.5. The average molecular weight is 350 g/mol. The van der Waals surface area contributed by atoms with Gasteiger partial charge in [0.1, 0.15) is 11.5 Å². The van der Waals surface area contributed by atoms with Gasteiger partial charge in [-0.2, -0.15) is 0 Å². The Labute approximate surface area is 146 Å². The minimum Gasteiger partial charge on any atom is -0.495 e. The summed E-state index contributed by atoms with van der Waals surface area (Å²) in [6, 6.07) is 10.2. The van der Waals surface area contributed by atoms with Gasteiger partial charge in [-0.05, 0) is 49.7 Å². The van der Waals surface area contributed by atoms with Crippen LogP contribution in [-0.4, -0.2) is 24.3 Å². The first-order valence-corrected chi connectivity index (χ1v) is 7.88. The topological polar surface area (TPSA) is 67.8 Å². The van der Waals surface area contributed by atoms with Gasteiger partial charge in [0.05, 0.1) is 29.5 Å². The minimum atomic E-state index is -0.987. The van der Waals surface area contributed by atoms with Crippen LogP contribution >= 0.6 is 11.6 Å². The quantitative estimate of drug-likeness (QED) is 0.773. The summed E-state index contributed by atoms with van der Waals surface area (Å²) in [7, 11) is 1.54. The molecule has 24 heavy (non-hydrogen) atoms. The van der Waals surface area contributed by atoms with Gasteiger partial charge in [-0.15, -0.1) is 0 Å². The first-order chi connectivity index (χ1) is 11.4. The number of rotatable bonds is 7.